The highest BCUT2D eigenvalue weighted by atomic mass is 16.6. The molecular formula is C8H18O2. The summed E-state index contributed by atoms with van der Waals surface area (Å²) in [5.41, 5.74) is 0. The second-order valence-corrected chi connectivity index (χ2v) is 2.29. The van der Waals surface area contributed by atoms with Gasteiger partial charge < -0.3 is 9.47 Å². The van der Waals surface area contributed by atoms with Crippen LogP contribution in [0.3, 0.4) is 0 Å². The van der Waals surface area contributed by atoms with Crippen molar-refractivity contribution in [3.63, 3.8) is 0 Å². The monoisotopic (exact) mass is 146 g/mol. The van der Waals surface area contributed by atoms with E-state index < -0.39 is 0 Å². The van der Waals surface area contributed by atoms with Gasteiger partial charge in [0.25, 0.3) is 0 Å². The Labute approximate surface area is 63.5 Å². The van der Waals surface area contributed by atoms with Crippen molar-refractivity contribution in [3.8, 4) is 0 Å². The molecule has 0 radical (unpaired) electrons. The first-order valence-electron chi connectivity index (χ1n) is 4.02. The Morgan fingerprint density at radius 3 is 1.40 bits per heavy atom. The second-order valence-electron chi connectivity index (χ2n) is 2.29. The molecule has 0 aromatic heterocycles. The van der Waals surface area contributed by atoms with Gasteiger partial charge in [-0.15, -0.1) is 0 Å². The number of ether oxygens (including phenoxy) is 2. The maximum atomic E-state index is 5.27. The predicted octanol–water partition coefficient (Wildman–Crippen LogP) is 1.84. The van der Waals surface area contributed by atoms with E-state index in [0.717, 1.165) is 13.2 Å². The quantitative estimate of drug-likeness (QED) is 0.519. The molecule has 62 valence electrons. The van der Waals surface area contributed by atoms with Gasteiger partial charge in [0, 0.05) is 0 Å². The van der Waals surface area contributed by atoms with Crippen LogP contribution in [0, 0.1) is 0 Å². The zero-order valence-electron chi connectivity index (χ0n) is 7.39. The van der Waals surface area contributed by atoms with E-state index in [9.17, 15) is 0 Å². The van der Waals surface area contributed by atoms with Gasteiger partial charge in [0.05, 0.1) is 25.4 Å². The van der Waals surface area contributed by atoms with Crippen molar-refractivity contribution in [2.24, 2.45) is 0 Å². The summed E-state index contributed by atoms with van der Waals surface area (Å²) >= 11 is 0. The van der Waals surface area contributed by atoms with Gasteiger partial charge in [-0.25, -0.2) is 0 Å². The van der Waals surface area contributed by atoms with Gasteiger partial charge in [-0.05, 0) is 13.8 Å². The summed E-state index contributed by atoms with van der Waals surface area (Å²) in [5.74, 6) is 0. The summed E-state index contributed by atoms with van der Waals surface area (Å²) in [6, 6.07) is 0. The molecule has 0 aromatic carbocycles. The SMILES string of the molecule is CC.CC1COC(C)CO1. The lowest BCUT2D eigenvalue weighted by Gasteiger charge is -2.24. The Kier molecular flexibility index (Phi) is 5.64. The molecule has 2 nitrogen and oxygen atoms in total. The van der Waals surface area contributed by atoms with Crippen LogP contribution in [0.25, 0.3) is 0 Å². The second kappa shape index (κ2) is 5.69. The van der Waals surface area contributed by atoms with E-state index in [1.54, 1.807) is 0 Å². The number of hydrogen-bond donors (Lipinski definition) is 0. The first kappa shape index (κ1) is 9.92. The standard InChI is InChI=1S/C6H12O2.C2H6/c1-5-3-8-6(2)4-7-5;1-2/h5-6H,3-4H2,1-2H3;1-2H3. The van der Waals surface area contributed by atoms with Crippen LogP contribution >= 0.6 is 0 Å². The normalized spacial score (nSPS) is 32.4. The van der Waals surface area contributed by atoms with Crippen molar-refractivity contribution in [2.45, 2.75) is 39.9 Å². The van der Waals surface area contributed by atoms with Crippen molar-refractivity contribution in [2.75, 3.05) is 13.2 Å². The van der Waals surface area contributed by atoms with E-state index in [2.05, 4.69) is 0 Å². The molecule has 0 aromatic rings. The Morgan fingerprint density at radius 1 is 0.900 bits per heavy atom. The van der Waals surface area contributed by atoms with E-state index >= 15 is 0 Å². The van der Waals surface area contributed by atoms with Gasteiger partial charge >= 0.3 is 0 Å². The molecule has 0 bridgehead atoms. The van der Waals surface area contributed by atoms with E-state index in [0.29, 0.717) is 12.2 Å². The van der Waals surface area contributed by atoms with Gasteiger partial charge in [0.2, 0.25) is 0 Å². The molecule has 0 amide bonds. The van der Waals surface area contributed by atoms with E-state index in [1.165, 1.54) is 0 Å². The van der Waals surface area contributed by atoms with Crippen molar-refractivity contribution < 1.29 is 9.47 Å². The highest BCUT2D eigenvalue weighted by molar-refractivity contribution is 4.58. The largest absolute Gasteiger partial charge is 0.373 e. The van der Waals surface area contributed by atoms with Crippen molar-refractivity contribution in [3.05, 3.63) is 0 Å². The molecule has 1 aliphatic heterocycles. The van der Waals surface area contributed by atoms with Gasteiger partial charge in [0.1, 0.15) is 0 Å². The van der Waals surface area contributed by atoms with Crippen molar-refractivity contribution >= 4 is 0 Å². The zero-order chi connectivity index (χ0) is 7.98. The topological polar surface area (TPSA) is 18.5 Å². The third-order valence-electron chi connectivity index (χ3n) is 1.23. The van der Waals surface area contributed by atoms with Gasteiger partial charge in [-0.2, -0.15) is 0 Å². The molecule has 2 unspecified atom stereocenters. The zero-order valence-corrected chi connectivity index (χ0v) is 7.39. The molecule has 10 heavy (non-hydrogen) atoms. The minimum atomic E-state index is 0.297. The molecule has 1 saturated heterocycles. The Balaban J connectivity index is 0.000000371. The number of hydrogen-bond acceptors (Lipinski definition) is 2. The molecule has 0 N–H and O–H groups in total. The predicted molar refractivity (Wildman–Crippen MR) is 42.2 cm³/mol. The highest BCUT2D eigenvalue weighted by Gasteiger charge is 2.13. The fourth-order valence-corrected chi connectivity index (χ4v) is 0.696. The van der Waals surface area contributed by atoms with Gasteiger partial charge in [-0.1, -0.05) is 13.8 Å². The molecule has 0 spiro atoms. The van der Waals surface area contributed by atoms with Crippen LogP contribution in [0.1, 0.15) is 27.7 Å². The first-order valence-corrected chi connectivity index (χ1v) is 4.02. The maximum absolute atomic E-state index is 5.27. The lowest BCUT2D eigenvalue weighted by molar-refractivity contribution is -0.119. The molecule has 1 fully saturated rings. The fourth-order valence-electron chi connectivity index (χ4n) is 0.696. The summed E-state index contributed by atoms with van der Waals surface area (Å²) < 4.78 is 10.5. The summed E-state index contributed by atoms with van der Waals surface area (Å²) in [6.45, 7) is 9.54. The Hall–Kier alpha value is -0.0800. The van der Waals surface area contributed by atoms with Crippen LogP contribution in [0.15, 0.2) is 0 Å². The van der Waals surface area contributed by atoms with Crippen LogP contribution in [0.2, 0.25) is 0 Å². The van der Waals surface area contributed by atoms with E-state index in [1.807, 2.05) is 27.7 Å². The highest BCUT2D eigenvalue weighted by Crippen LogP contribution is 2.04. The average molecular weight is 146 g/mol. The summed E-state index contributed by atoms with van der Waals surface area (Å²) in [4.78, 5) is 0. The first-order chi connectivity index (χ1) is 4.79. The van der Waals surface area contributed by atoms with Crippen LogP contribution in [-0.4, -0.2) is 25.4 Å². The van der Waals surface area contributed by atoms with Crippen molar-refractivity contribution in [1.29, 1.82) is 0 Å². The smallest absolute Gasteiger partial charge is 0.0781 e. The van der Waals surface area contributed by atoms with Crippen LogP contribution < -0.4 is 0 Å². The van der Waals surface area contributed by atoms with E-state index in [4.69, 9.17) is 9.47 Å². The van der Waals surface area contributed by atoms with Gasteiger partial charge in [-0.3, -0.25) is 0 Å². The van der Waals surface area contributed by atoms with E-state index in [-0.39, 0.29) is 0 Å². The molecule has 2 heteroatoms. The summed E-state index contributed by atoms with van der Waals surface area (Å²) in [6.07, 6.45) is 0.595. The molecule has 1 rings (SSSR count). The van der Waals surface area contributed by atoms with Crippen molar-refractivity contribution in [1.82, 2.24) is 0 Å². The number of rotatable bonds is 0. The van der Waals surface area contributed by atoms with Gasteiger partial charge in [0.15, 0.2) is 0 Å². The Morgan fingerprint density at radius 2 is 1.20 bits per heavy atom. The van der Waals surface area contributed by atoms with Crippen LogP contribution in [0.5, 0.6) is 0 Å². The molecule has 1 heterocycles. The molecule has 0 aliphatic carbocycles. The molecule has 1 aliphatic rings. The minimum absolute atomic E-state index is 0.297. The lowest BCUT2D eigenvalue weighted by atomic mass is 10.3. The lowest BCUT2D eigenvalue weighted by Crippen LogP contribution is -2.31. The summed E-state index contributed by atoms with van der Waals surface area (Å²) in [5, 5.41) is 0. The molecular weight excluding hydrogens is 128 g/mol. The third-order valence-corrected chi connectivity index (χ3v) is 1.23. The Bertz CT molecular complexity index is 55.7. The van der Waals surface area contributed by atoms with Crippen LogP contribution in [-0.2, 0) is 9.47 Å². The summed E-state index contributed by atoms with van der Waals surface area (Å²) in [7, 11) is 0. The average Bonchev–Trinajstić information content (AvgIpc) is 2.00. The maximum Gasteiger partial charge on any atom is 0.0781 e. The third kappa shape index (κ3) is 3.85. The fraction of sp³-hybridized carbons (Fsp3) is 1.00. The van der Waals surface area contributed by atoms with Crippen LogP contribution in [0.4, 0.5) is 0 Å². The minimum Gasteiger partial charge on any atom is -0.373 e. The molecule has 2 atom stereocenters. The molecule has 0 saturated carbocycles.